The first-order chi connectivity index (χ1) is 6.19. The van der Waals surface area contributed by atoms with Gasteiger partial charge in [-0.3, -0.25) is 0 Å². The minimum atomic E-state index is -0.232. The summed E-state index contributed by atoms with van der Waals surface area (Å²) < 4.78 is 0. The van der Waals surface area contributed by atoms with Crippen molar-refractivity contribution in [2.75, 3.05) is 6.54 Å². The molecule has 1 aromatic rings. The van der Waals surface area contributed by atoms with E-state index in [4.69, 9.17) is 28.3 Å². The van der Waals surface area contributed by atoms with Crippen LogP contribution in [0.1, 0.15) is 17.2 Å². The maximum Gasteiger partial charge on any atom is 0.101 e. The number of nitrogens with zero attached hydrogens (tertiary/aromatic N) is 1. The van der Waals surface area contributed by atoms with E-state index < -0.39 is 0 Å². The summed E-state index contributed by atoms with van der Waals surface area (Å²) in [6, 6.07) is 6.86. The average molecular weight is 196 g/mol. The number of hydrogen-bond acceptors (Lipinski definition) is 3. The molecule has 0 radical (unpaired) electrons. The Bertz CT molecular complexity index is 343. The fourth-order valence-electron chi connectivity index (χ4n) is 0.995. The van der Waals surface area contributed by atoms with Crippen LogP contribution in [0.15, 0.2) is 18.2 Å². The molecule has 0 aliphatic carbocycles. The summed E-state index contributed by atoms with van der Waals surface area (Å²) in [5.41, 5.74) is 12.4. The van der Waals surface area contributed by atoms with Gasteiger partial charge in [0.05, 0.1) is 10.6 Å². The number of halogens is 1. The molecule has 0 aliphatic heterocycles. The average Bonchev–Trinajstić information content (AvgIpc) is 2.17. The molecular weight excluding hydrogens is 186 g/mol. The molecule has 0 spiro atoms. The van der Waals surface area contributed by atoms with Crippen LogP contribution < -0.4 is 11.5 Å². The first-order valence-electron chi connectivity index (χ1n) is 3.84. The third-order valence-corrected chi connectivity index (χ3v) is 2.12. The summed E-state index contributed by atoms with van der Waals surface area (Å²) in [5, 5.41) is 9.13. The van der Waals surface area contributed by atoms with Gasteiger partial charge in [0.15, 0.2) is 0 Å². The Labute approximate surface area is 81.9 Å². The van der Waals surface area contributed by atoms with Gasteiger partial charge < -0.3 is 11.5 Å². The summed E-state index contributed by atoms with van der Waals surface area (Å²) in [6.45, 7) is 0.354. The maximum absolute atomic E-state index is 8.69. The number of nitriles is 1. The molecule has 0 fully saturated rings. The summed E-state index contributed by atoms with van der Waals surface area (Å²) in [5.74, 6) is 0. The van der Waals surface area contributed by atoms with Gasteiger partial charge >= 0.3 is 0 Å². The van der Waals surface area contributed by atoms with Crippen LogP contribution in [0.25, 0.3) is 0 Å². The molecule has 0 aromatic heterocycles. The molecule has 1 unspecified atom stereocenters. The standard InChI is InChI=1S/C9H10ClN3/c10-8-2-1-6(9(13)5-12)3-7(8)4-11/h1-3,9H,5,12-13H2. The maximum atomic E-state index is 8.69. The molecule has 0 bridgehead atoms. The van der Waals surface area contributed by atoms with E-state index in [0.717, 1.165) is 5.56 Å². The minimum Gasteiger partial charge on any atom is -0.329 e. The van der Waals surface area contributed by atoms with Crippen LogP contribution in [-0.2, 0) is 0 Å². The van der Waals surface area contributed by atoms with E-state index in [0.29, 0.717) is 17.1 Å². The van der Waals surface area contributed by atoms with Gasteiger partial charge in [0.2, 0.25) is 0 Å². The Morgan fingerprint density at radius 2 is 2.23 bits per heavy atom. The summed E-state index contributed by atoms with van der Waals surface area (Å²) in [7, 11) is 0. The predicted molar refractivity (Wildman–Crippen MR) is 52.1 cm³/mol. The predicted octanol–water partition coefficient (Wildman–Crippen LogP) is 1.17. The molecular formula is C9H10ClN3. The van der Waals surface area contributed by atoms with Crippen LogP contribution in [0.4, 0.5) is 0 Å². The minimum absolute atomic E-state index is 0.232. The monoisotopic (exact) mass is 195 g/mol. The van der Waals surface area contributed by atoms with Crippen molar-refractivity contribution in [1.29, 1.82) is 5.26 Å². The number of rotatable bonds is 2. The van der Waals surface area contributed by atoms with E-state index >= 15 is 0 Å². The van der Waals surface area contributed by atoms with Gasteiger partial charge in [0.25, 0.3) is 0 Å². The third-order valence-electron chi connectivity index (χ3n) is 1.79. The molecule has 1 aromatic carbocycles. The molecule has 0 amide bonds. The van der Waals surface area contributed by atoms with E-state index in [1.165, 1.54) is 0 Å². The van der Waals surface area contributed by atoms with Gasteiger partial charge in [-0.25, -0.2) is 0 Å². The lowest BCUT2D eigenvalue weighted by Crippen LogP contribution is -2.20. The van der Waals surface area contributed by atoms with Crippen LogP contribution in [0.5, 0.6) is 0 Å². The fraction of sp³-hybridized carbons (Fsp3) is 0.222. The van der Waals surface area contributed by atoms with Gasteiger partial charge in [-0.15, -0.1) is 0 Å². The van der Waals surface area contributed by atoms with Crippen LogP contribution in [0.2, 0.25) is 5.02 Å². The summed E-state index contributed by atoms with van der Waals surface area (Å²) >= 11 is 5.75. The molecule has 4 N–H and O–H groups in total. The highest BCUT2D eigenvalue weighted by Gasteiger charge is 2.06. The lowest BCUT2D eigenvalue weighted by atomic mass is 10.1. The second-order valence-electron chi connectivity index (χ2n) is 2.69. The molecule has 4 heteroatoms. The number of benzene rings is 1. The van der Waals surface area contributed by atoms with Gasteiger partial charge in [-0.05, 0) is 17.7 Å². The van der Waals surface area contributed by atoms with E-state index in [9.17, 15) is 0 Å². The van der Waals surface area contributed by atoms with Crippen LogP contribution in [0.3, 0.4) is 0 Å². The first kappa shape index (κ1) is 10.0. The Kier molecular flexibility index (Phi) is 3.26. The zero-order chi connectivity index (χ0) is 9.84. The zero-order valence-corrected chi connectivity index (χ0v) is 7.75. The fourth-order valence-corrected chi connectivity index (χ4v) is 1.16. The highest BCUT2D eigenvalue weighted by molar-refractivity contribution is 6.31. The van der Waals surface area contributed by atoms with Crippen molar-refractivity contribution in [2.45, 2.75) is 6.04 Å². The Balaban J connectivity index is 3.08. The molecule has 0 saturated carbocycles. The lowest BCUT2D eigenvalue weighted by Gasteiger charge is -2.09. The topological polar surface area (TPSA) is 75.8 Å². The van der Waals surface area contributed by atoms with Gasteiger partial charge in [0, 0.05) is 12.6 Å². The van der Waals surface area contributed by atoms with Crippen molar-refractivity contribution in [3.63, 3.8) is 0 Å². The molecule has 1 atom stereocenters. The van der Waals surface area contributed by atoms with Gasteiger partial charge in [0.1, 0.15) is 6.07 Å². The second kappa shape index (κ2) is 4.24. The normalized spacial score (nSPS) is 12.2. The van der Waals surface area contributed by atoms with E-state index in [1.54, 1.807) is 18.2 Å². The van der Waals surface area contributed by atoms with Crippen LogP contribution >= 0.6 is 11.6 Å². The van der Waals surface area contributed by atoms with E-state index in [-0.39, 0.29) is 6.04 Å². The Hall–Kier alpha value is -1.08. The molecule has 68 valence electrons. The van der Waals surface area contributed by atoms with Gasteiger partial charge in [-0.1, -0.05) is 17.7 Å². The smallest absolute Gasteiger partial charge is 0.101 e. The second-order valence-corrected chi connectivity index (χ2v) is 3.10. The highest BCUT2D eigenvalue weighted by atomic mass is 35.5. The molecule has 0 saturated heterocycles. The third kappa shape index (κ3) is 2.19. The van der Waals surface area contributed by atoms with Crippen molar-refractivity contribution in [3.8, 4) is 6.07 Å². The Morgan fingerprint density at radius 3 is 2.77 bits per heavy atom. The quantitative estimate of drug-likeness (QED) is 0.744. The van der Waals surface area contributed by atoms with E-state index in [2.05, 4.69) is 0 Å². The number of nitrogens with two attached hydrogens (primary N) is 2. The molecule has 13 heavy (non-hydrogen) atoms. The van der Waals surface area contributed by atoms with E-state index in [1.807, 2.05) is 6.07 Å². The van der Waals surface area contributed by atoms with Crippen molar-refractivity contribution < 1.29 is 0 Å². The van der Waals surface area contributed by atoms with Gasteiger partial charge in [-0.2, -0.15) is 5.26 Å². The summed E-state index contributed by atoms with van der Waals surface area (Å²) in [4.78, 5) is 0. The lowest BCUT2D eigenvalue weighted by molar-refractivity contribution is 0.737. The van der Waals surface area contributed by atoms with Crippen LogP contribution in [0, 0.1) is 11.3 Å². The first-order valence-corrected chi connectivity index (χ1v) is 4.22. The highest BCUT2D eigenvalue weighted by Crippen LogP contribution is 2.19. The zero-order valence-electron chi connectivity index (χ0n) is 7.00. The molecule has 0 aliphatic rings. The molecule has 1 rings (SSSR count). The Morgan fingerprint density at radius 1 is 1.54 bits per heavy atom. The molecule has 0 heterocycles. The largest absolute Gasteiger partial charge is 0.329 e. The molecule has 3 nitrogen and oxygen atoms in total. The SMILES string of the molecule is N#Cc1cc(C(N)CN)ccc1Cl. The summed E-state index contributed by atoms with van der Waals surface area (Å²) in [6.07, 6.45) is 0. The van der Waals surface area contributed by atoms with Crippen molar-refractivity contribution in [2.24, 2.45) is 11.5 Å². The number of hydrogen-bond donors (Lipinski definition) is 2. The van der Waals surface area contributed by atoms with Crippen molar-refractivity contribution >= 4 is 11.6 Å². The van der Waals surface area contributed by atoms with Crippen molar-refractivity contribution in [1.82, 2.24) is 0 Å². The van der Waals surface area contributed by atoms with Crippen LogP contribution in [-0.4, -0.2) is 6.54 Å². The van der Waals surface area contributed by atoms with Crippen molar-refractivity contribution in [3.05, 3.63) is 34.3 Å².